The number of carbonyl (C=O) groups excluding carboxylic acids is 1. The predicted octanol–water partition coefficient (Wildman–Crippen LogP) is 1.27. The third-order valence-corrected chi connectivity index (χ3v) is 5.88. The Balaban J connectivity index is 1.89. The lowest BCUT2D eigenvalue weighted by Crippen LogP contribution is -3.15. The summed E-state index contributed by atoms with van der Waals surface area (Å²) in [5, 5.41) is 0. The number of benzene rings is 1. The highest BCUT2D eigenvalue weighted by Crippen LogP contribution is 2.16. The van der Waals surface area contributed by atoms with Gasteiger partial charge in [0.1, 0.15) is 30.3 Å². The maximum atomic E-state index is 13.3. The topological polar surface area (TPSA) is 102 Å². The molecule has 4 N–H and O–H groups in total. The van der Waals surface area contributed by atoms with Gasteiger partial charge in [-0.1, -0.05) is 25.5 Å². The molecule has 1 saturated carbocycles. The molecule has 2 aromatic rings. The summed E-state index contributed by atoms with van der Waals surface area (Å²) in [6.45, 7) is 2.87. The normalized spacial score (nSPS) is 15.8. The van der Waals surface area contributed by atoms with Crippen LogP contribution in [0.25, 0.3) is 0 Å². The molecule has 0 spiro atoms. The number of hydrogen-bond donors (Lipinski definition) is 3. The van der Waals surface area contributed by atoms with Gasteiger partial charge in [0.15, 0.2) is 0 Å². The lowest BCUT2D eigenvalue weighted by atomic mass is 9.93. The number of rotatable bonds is 8. The standard InChI is InChI=1S/C22H29FN4O3/c1-2-12-27-20(24)19(21(29)25-22(27)30)18(28)14-26(17-6-4-3-5-7-17)13-15-8-10-16(23)11-9-15/h8-11,17H,2-7,12-14,24H2,1H3,(H,25,29,30)/p+1. The second kappa shape index (κ2) is 9.84. The Kier molecular flexibility index (Phi) is 7.20. The van der Waals surface area contributed by atoms with Gasteiger partial charge in [0, 0.05) is 12.1 Å². The minimum atomic E-state index is -0.736. The van der Waals surface area contributed by atoms with Gasteiger partial charge < -0.3 is 10.6 Å². The van der Waals surface area contributed by atoms with Crippen molar-refractivity contribution in [3.8, 4) is 0 Å². The Morgan fingerprint density at radius 2 is 1.87 bits per heavy atom. The average molecular weight is 418 g/mol. The van der Waals surface area contributed by atoms with E-state index in [1.165, 1.54) is 23.1 Å². The second-order valence-electron chi connectivity index (χ2n) is 8.07. The van der Waals surface area contributed by atoms with Gasteiger partial charge in [0.25, 0.3) is 5.56 Å². The number of nitrogens with two attached hydrogens (primary N) is 1. The van der Waals surface area contributed by atoms with Gasteiger partial charge in [-0.2, -0.15) is 0 Å². The number of halogens is 1. The van der Waals surface area contributed by atoms with Gasteiger partial charge in [0.05, 0.1) is 6.04 Å². The first-order valence-corrected chi connectivity index (χ1v) is 10.7. The first kappa shape index (κ1) is 22.0. The SMILES string of the molecule is CCCn1c(N)c(C(=O)C[NH+](Cc2ccc(F)cc2)C2CCCCC2)c(=O)[nH]c1=O. The van der Waals surface area contributed by atoms with Crippen LogP contribution in [0.3, 0.4) is 0 Å². The molecular formula is C22H30FN4O3+. The van der Waals surface area contributed by atoms with E-state index in [9.17, 15) is 18.8 Å². The lowest BCUT2D eigenvalue weighted by Gasteiger charge is -2.31. The number of hydrogen-bond acceptors (Lipinski definition) is 4. The summed E-state index contributed by atoms with van der Waals surface area (Å²) in [6.07, 6.45) is 6.05. The zero-order chi connectivity index (χ0) is 21.7. The van der Waals surface area contributed by atoms with Gasteiger partial charge in [-0.3, -0.25) is 19.1 Å². The van der Waals surface area contributed by atoms with Crippen LogP contribution in [-0.2, 0) is 13.1 Å². The Morgan fingerprint density at radius 1 is 1.20 bits per heavy atom. The summed E-state index contributed by atoms with van der Waals surface area (Å²) in [5.74, 6) is -0.742. The van der Waals surface area contributed by atoms with E-state index >= 15 is 0 Å². The Labute approximate surface area is 174 Å². The molecule has 1 aromatic heterocycles. The number of ketones is 1. The molecular weight excluding hydrogens is 387 g/mol. The molecule has 0 aliphatic heterocycles. The molecule has 1 fully saturated rings. The maximum Gasteiger partial charge on any atom is 0.329 e. The fourth-order valence-corrected chi connectivity index (χ4v) is 4.32. The maximum absolute atomic E-state index is 13.3. The number of nitrogens with one attached hydrogen (secondary N) is 2. The largest absolute Gasteiger partial charge is 0.384 e. The zero-order valence-electron chi connectivity index (χ0n) is 17.4. The van der Waals surface area contributed by atoms with Crippen LogP contribution in [0.15, 0.2) is 33.9 Å². The number of aromatic nitrogens is 2. The van der Waals surface area contributed by atoms with Crippen molar-refractivity contribution in [1.29, 1.82) is 0 Å². The van der Waals surface area contributed by atoms with Crippen LogP contribution in [-0.4, -0.2) is 27.9 Å². The molecule has 1 unspecified atom stereocenters. The third kappa shape index (κ3) is 5.05. The quantitative estimate of drug-likeness (QED) is 0.563. The van der Waals surface area contributed by atoms with Crippen LogP contribution < -0.4 is 21.9 Å². The van der Waals surface area contributed by atoms with Gasteiger partial charge in [0.2, 0.25) is 5.78 Å². The van der Waals surface area contributed by atoms with Crippen LogP contribution in [0.2, 0.25) is 0 Å². The van der Waals surface area contributed by atoms with E-state index < -0.39 is 11.2 Å². The molecule has 1 heterocycles. The fourth-order valence-electron chi connectivity index (χ4n) is 4.32. The molecule has 162 valence electrons. The van der Waals surface area contributed by atoms with Gasteiger partial charge in [-0.15, -0.1) is 0 Å². The van der Waals surface area contributed by atoms with E-state index in [4.69, 9.17) is 5.73 Å². The van der Waals surface area contributed by atoms with E-state index in [0.29, 0.717) is 19.5 Å². The van der Waals surface area contributed by atoms with Crippen LogP contribution in [0.1, 0.15) is 61.4 Å². The van der Waals surface area contributed by atoms with Crippen molar-refractivity contribution < 1.29 is 14.1 Å². The summed E-state index contributed by atoms with van der Waals surface area (Å²) in [6, 6.07) is 6.57. The molecule has 3 rings (SSSR count). The summed E-state index contributed by atoms with van der Waals surface area (Å²) < 4.78 is 14.5. The number of anilines is 1. The molecule has 1 aliphatic carbocycles. The number of Topliss-reactive ketones (excluding diaryl/α,β-unsaturated/α-hetero) is 1. The van der Waals surface area contributed by atoms with E-state index in [0.717, 1.165) is 36.1 Å². The average Bonchev–Trinajstić information content (AvgIpc) is 2.72. The molecule has 1 aliphatic rings. The fraction of sp³-hybridized carbons (Fsp3) is 0.500. The van der Waals surface area contributed by atoms with Crippen molar-refractivity contribution in [2.24, 2.45) is 0 Å². The summed E-state index contributed by atoms with van der Waals surface area (Å²) in [5.41, 5.74) is 5.52. The van der Waals surface area contributed by atoms with Crippen molar-refractivity contribution >= 4 is 11.6 Å². The molecule has 0 bridgehead atoms. The molecule has 0 radical (unpaired) electrons. The smallest absolute Gasteiger partial charge is 0.329 e. The van der Waals surface area contributed by atoms with Crippen LogP contribution >= 0.6 is 0 Å². The minimum Gasteiger partial charge on any atom is -0.384 e. The minimum absolute atomic E-state index is 0.0691. The van der Waals surface area contributed by atoms with Crippen molar-refractivity contribution in [3.63, 3.8) is 0 Å². The molecule has 0 amide bonds. The molecule has 1 aromatic carbocycles. The number of nitrogen functional groups attached to an aromatic ring is 1. The summed E-state index contributed by atoms with van der Waals surface area (Å²) in [4.78, 5) is 40.9. The highest BCUT2D eigenvalue weighted by molar-refractivity contribution is 6.00. The number of quaternary nitrogens is 1. The summed E-state index contributed by atoms with van der Waals surface area (Å²) >= 11 is 0. The lowest BCUT2D eigenvalue weighted by molar-refractivity contribution is -0.932. The van der Waals surface area contributed by atoms with Crippen LogP contribution in [0.5, 0.6) is 0 Å². The third-order valence-electron chi connectivity index (χ3n) is 5.88. The van der Waals surface area contributed by atoms with Crippen molar-refractivity contribution in [2.45, 2.75) is 64.6 Å². The van der Waals surface area contributed by atoms with E-state index in [2.05, 4.69) is 4.98 Å². The predicted molar refractivity (Wildman–Crippen MR) is 113 cm³/mol. The van der Waals surface area contributed by atoms with Gasteiger partial charge in [-0.05, 0) is 44.2 Å². The Hall–Kier alpha value is -2.74. The van der Waals surface area contributed by atoms with Crippen molar-refractivity contribution in [3.05, 3.63) is 62.0 Å². The van der Waals surface area contributed by atoms with E-state index in [-0.39, 0.29) is 35.6 Å². The molecule has 30 heavy (non-hydrogen) atoms. The number of H-pyrrole nitrogens is 1. The van der Waals surface area contributed by atoms with Crippen molar-refractivity contribution in [2.75, 3.05) is 12.3 Å². The highest BCUT2D eigenvalue weighted by atomic mass is 19.1. The first-order valence-electron chi connectivity index (χ1n) is 10.7. The molecule has 8 heteroatoms. The second-order valence-corrected chi connectivity index (χ2v) is 8.07. The molecule has 1 atom stereocenters. The first-order chi connectivity index (χ1) is 14.4. The molecule has 0 saturated heterocycles. The molecule has 7 nitrogen and oxygen atoms in total. The van der Waals surface area contributed by atoms with Crippen LogP contribution in [0.4, 0.5) is 10.2 Å². The Bertz CT molecular complexity index is 991. The number of carbonyl (C=O) groups is 1. The van der Waals surface area contributed by atoms with E-state index in [1.54, 1.807) is 12.1 Å². The summed E-state index contributed by atoms with van der Waals surface area (Å²) in [7, 11) is 0. The Morgan fingerprint density at radius 3 is 2.50 bits per heavy atom. The van der Waals surface area contributed by atoms with E-state index in [1.807, 2.05) is 6.92 Å². The highest BCUT2D eigenvalue weighted by Gasteiger charge is 2.29. The zero-order valence-corrected chi connectivity index (χ0v) is 17.4. The number of nitrogens with zero attached hydrogens (tertiary/aromatic N) is 1. The van der Waals surface area contributed by atoms with Gasteiger partial charge in [-0.25, -0.2) is 9.18 Å². The van der Waals surface area contributed by atoms with Crippen molar-refractivity contribution in [1.82, 2.24) is 9.55 Å². The number of aromatic amines is 1. The monoisotopic (exact) mass is 417 g/mol. The van der Waals surface area contributed by atoms with Crippen LogP contribution in [0, 0.1) is 5.82 Å². The van der Waals surface area contributed by atoms with Gasteiger partial charge >= 0.3 is 5.69 Å².